The van der Waals surface area contributed by atoms with Gasteiger partial charge in [-0.15, -0.1) is 23.2 Å². The second-order valence-electron chi connectivity index (χ2n) is 9.96. The van der Waals surface area contributed by atoms with Crippen molar-refractivity contribution >= 4 is 98.8 Å². The highest BCUT2D eigenvalue weighted by Gasteiger charge is 2.88. The predicted molar refractivity (Wildman–Crippen MR) is 154 cm³/mol. The zero-order valence-electron chi connectivity index (χ0n) is 21.0. The van der Waals surface area contributed by atoms with Crippen molar-refractivity contribution in [2.75, 3.05) is 6.54 Å². The van der Waals surface area contributed by atoms with Gasteiger partial charge in [0.2, 0.25) is 0 Å². The SMILES string of the molecule is Cc1ccc(C(=O)CN(C(=O)c2ccc([N+](=O)[O-])cc2)N2C(=O)[C@H]3[C@H](C2=O)[C@@]2(Cl)C(Cl)=C(Cl)[C@@]3(Cl)C2(Cl)Cl)cc1C. The second-order valence-corrected chi connectivity index (χ2v) is 13.2. The van der Waals surface area contributed by atoms with Crippen molar-refractivity contribution in [2.45, 2.75) is 27.9 Å². The molecule has 0 radical (unpaired) electrons. The molecule has 0 N–H and O–H groups in total. The average molecular weight is 680 g/mol. The van der Waals surface area contributed by atoms with Crippen LogP contribution in [0.15, 0.2) is 52.5 Å². The van der Waals surface area contributed by atoms with Gasteiger partial charge in [0.1, 0.15) is 16.3 Å². The maximum absolute atomic E-state index is 13.9. The number of hydrogen-bond donors (Lipinski definition) is 0. The number of allylic oxidation sites excluding steroid dienone is 2. The van der Waals surface area contributed by atoms with E-state index in [0.29, 0.717) is 10.0 Å². The summed E-state index contributed by atoms with van der Waals surface area (Å²) in [5.41, 5.74) is 1.48. The van der Waals surface area contributed by atoms with Crippen LogP contribution in [0.3, 0.4) is 0 Å². The van der Waals surface area contributed by atoms with Gasteiger partial charge in [0.05, 0.1) is 26.8 Å². The van der Waals surface area contributed by atoms with E-state index in [2.05, 4.69) is 0 Å². The Balaban J connectivity index is 1.59. The monoisotopic (exact) mass is 677 g/mol. The minimum atomic E-state index is -2.19. The van der Waals surface area contributed by atoms with Crippen LogP contribution in [-0.4, -0.2) is 59.1 Å². The van der Waals surface area contributed by atoms with Gasteiger partial charge >= 0.3 is 0 Å². The van der Waals surface area contributed by atoms with Crippen LogP contribution in [0.5, 0.6) is 0 Å². The summed E-state index contributed by atoms with van der Waals surface area (Å²) in [6.45, 7) is 2.88. The van der Waals surface area contributed by atoms with Crippen LogP contribution in [0, 0.1) is 35.8 Å². The molecule has 2 bridgehead atoms. The van der Waals surface area contributed by atoms with Crippen LogP contribution in [0.25, 0.3) is 0 Å². The van der Waals surface area contributed by atoms with Gasteiger partial charge < -0.3 is 0 Å². The summed E-state index contributed by atoms with van der Waals surface area (Å²) in [5, 5.41) is 11.6. The molecular formula is C26H17Cl6N3O6. The molecule has 0 aromatic heterocycles. The van der Waals surface area contributed by atoms with Crippen molar-refractivity contribution in [3.05, 3.63) is 84.9 Å². The Morgan fingerprint density at radius 3 is 1.83 bits per heavy atom. The number of rotatable bonds is 6. The molecule has 2 aromatic carbocycles. The molecule has 3 aliphatic rings. The molecule has 2 fully saturated rings. The standard InChI is InChI=1S/C26H17Cl6N3O6/c1-11-3-4-14(9-12(11)2)16(36)10-33(21(37)13-5-7-15(8-6-13)35(40)41)34-22(38)17-18(23(34)39)25(30)20(28)19(27)24(17,29)26(25,31)32/h3-9,17-18H,10H2,1-2H3/t17-,18-,24-,25-/m1/s1. The number of nitrogens with zero attached hydrogens (tertiary/aromatic N) is 3. The first-order valence-electron chi connectivity index (χ1n) is 11.9. The number of aryl methyl sites for hydroxylation is 2. The number of fused-ring (bicyclic) bond motifs is 5. The molecule has 1 saturated carbocycles. The number of imide groups is 1. The summed E-state index contributed by atoms with van der Waals surface area (Å²) >= 11 is 39.3. The van der Waals surface area contributed by atoms with Crippen LogP contribution in [0.2, 0.25) is 0 Å². The topological polar surface area (TPSA) is 118 Å². The Kier molecular flexibility index (Phi) is 7.21. The first-order chi connectivity index (χ1) is 19.0. The highest BCUT2D eigenvalue weighted by molar-refractivity contribution is 6.66. The van der Waals surface area contributed by atoms with E-state index < -0.39 is 60.9 Å². The molecule has 9 nitrogen and oxygen atoms in total. The number of ketones is 1. The van der Waals surface area contributed by atoms with E-state index in [1.54, 1.807) is 25.1 Å². The van der Waals surface area contributed by atoms with Crippen LogP contribution in [0.4, 0.5) is 5.69 Å². The van der Waals surface area contributed by atoms with Crippen molar-refractivity contribution in [1.29, 1.82) is 0 Å². The zero-order valence-corrected chi connectivity index (χ0v) is 25.5. The predicted octanol–water partition coefficient (Wildman–Crippen LogP) is 5.90. The summed E-state index contributed by atoms with van der Waals surface area (Å²) in [4.78, 5) is 61.3. The third kappa shape index (κ3) is 3.90. The molecule has 1 saturated heterocycles. The van der Waals surface area contributed by atoms with Gasteiger partial charge in [0.25, 0.3) is 23.4 Å². The highest BCUT2D eigenvalue weighted by Crippen LogP contribution is 2.77. The van der Waals surface area contributed by atoms with Crippen molar-refractivity contribution in [3.8, 4) is 0 Å². The van der Waals surface area contributed by atoms with Gasteiger partial charge in [-0.2, -0.15) is 5.01 Å². The minimum Gasteiger partial charge on any atom is -0.292 e. The van der Waals surface area contributed by atoms with E-state index >= 15 is 0 Å². The highest BCUT2D eigenvalue weighted by atomic mass is 35.5. The lowest BCUT2D eigenvalue weighted by Gasteiger charge is -2.36. The van der Waals surface area contributed by atoms with Gasteiger partial charge in [-0.05, 0) is 43.2 Å². The number of non-ortho nitro benzene ring substituents is 1. The third-order valence-corrected chi connectivity index (χ3v) is 12.1. The number of halogens is 6. The summed E-state index contributed by atoms with van der Waals surface area (Å²) in [6.07, 6.45) is 0. The molecule has 41 heavy (non-hydrogen) atoms. The van der Waals surface area contributed by atoms with Crippen molar-refractivity contribution in [1.82, 2.24) is 10.0 Å². The minimum absolute atomic E-state index is 0.150. The number of amides is 3. The van der Waals surface area contributed by atoms with Gasteiger partial charge in [-0.25, -0.2) is 5.01 Å². The van der Waals surface area contributed by atoms with Crippen molar-refractivity contribution in [2.24, 2.45) is 11.8 Å². The van der Waals surface area contributed by atoms with E-state index in [1.807, 2.05) is 6.92 Å². The first kappa shape index (κ1) is 30.1. The molecule has 1 aliphatic heterocycles. The molecule has 4 atom stereocenters. The molecule has 3 amide bonds. The number of alkyl halides is 4. The lowest BCUT2D eigenvalue weighted by atomic mass is 9.84. The number of nitro benzene ring substituents is 1. The molecule has 214 valence electrons. The van der Waals surface area contributed by atoms with Crippen molar-refractivity contribution in [3.63, 3.8) is 0 Å². The number of hydrogen-bond acceptors (Lipinski definition) is 6. The maximum Gasteiger partial charge on any atom is 0.273 e. The quantitative estimate of drug-likeness (QED) is 0.123. The third-order valence-electron chi connectivity index (χ3n) is 7.81. The molecule has 0 spiro atoms. The molecule has 2 aliphatic carbocycles. The average Bonchev–Trinajstić information content (AvgIpc) is 3.31. The molecular weight excluding hydrogens is 663 g/mol. The molecule has 5 rings (SSSR count). The van der Waals surface area contributed by atoms with Crippen LogP contribution in [-0.2, 0) is 9.59 Å². The fraction of sp³-hybridized carbons (Fsp3) is 0.308. The van der Waals surface area contributed by atoms with Gasteiger partial charge in [-0.3, -0.25) is 29.3 Å². The van der Waals surface area contributed by atoms with E-state index in [-0.39, 0.29) is 26.9 Å². The van der Waals surface area contributed by atoms with E-state index in [9.17, 15) is 29.3 Å². The summed E-state index contributed by atoms with van der Waals surface area (Å²) in [7, 11) is 0. The fourth-order valence-electron chi connectivity index (χ4n) is 5.47. The zero-order chi connectivity index (χ0) is 30.4. The molecule has 2 aromatic rings. The van der Waals surface area contributed by atoms with E-state index in [0.717, 1.165) is 35.4 Å². The van der Waals surface area contributed by atoms with Crippen LogP contribution >= 0.6 is 69.6 Å². The van der Waals surface area contributed by atoms with Gasteiger partial charge in [-0.1, -0.05) is 58.5 Å². The second kappa shape index (κ2) is 9.82. The Hall–Kier alpha value is -2.40. The van der Waals surface area contributed by atoms with Crippen LogP contribution < -0.4 is 0 Å². The largest absolute Gasteiger partial charge is 0.292 e. The van der Waals surface area contributed by atoms with Gasteiger partial charge in [0.15, 0.2) is 10.1 Å². The molecule has 15 heteroatoms. The Morgan fingerprint density at radius 2 is 1.37 bits per heavy atom. The molecule has 0 unspecified atom stereocenters. The first-order valence-corrected chi connectivity index (χ1v) is 14.1. The summed E-state index contributed by atoms with van der Waals surface area (Å²) in [6, 6.07) is 9.26. The van der Waals surface area contributed by atoms with Gasteiger partial charge in [0, 0.05) is 23.3 Å². The molecule has 1 heterocycles. The number of nitro groups is 1. The maximum atomic E-state index is 13.9. The normalized spacial score (nSPS) is 27.9. The summed E-state index contributed by atoms with van der Waals surface area (Å²) in [5.74, 6) is -6.73. The lowest BCUT2D eigenvalue weighted by Crippen LogP contribution is -2.56. The summed E-state index contributed by atoms with van der Waals surface area (Å²) < 4.78 is -2.19. The Labute approximate surface area is 262 Å². The number of hydrazine groups is 1. The van der Waals surface area contributed by atoms with Crippen molar-refractivity contribution < 1.29 is 24.1 Å². The fourth-order valence-corrected chi connectivity index (χ4v) is 8.40. The van der Waals surface area contributed by atoms with E-state index in [4.69, 9.17) is 69.6 Å². The number of benzene rings is 2. The smallest absolute Gasteiger partial charge is 0.273 e. The lowest BCUT2D eigenvalue weighted by molar-refractivity contribution is -0.384. The number of carbonyl (C=O) groups is 4. The Morgan fingerprint density at radius 1 is 0.878 bits per heavy atom. The number of carbonyl (C=O) groups excluding carboxylic acids is 4. The Bertz CT molecular complexity index is 1570. The number of Topliss-reactive ketones (excluding diaryl/α,β-unsaturated/α-hetero) is 1. The van der Waals surface area contributed by atoms with E-state index in [1.165, 1.54) is 0 Å². The van der Waals surface area contributed by atoms with Crippen LogP contribution in [0.1, 0.15) is 31.8 Å².